The van der Waals surface area contributed by atoms with E-state index in [0.717, 1.165) is 5.56 Å². The van der Waals surface area contributed by atoms with Gasteiger partial charge in [0.25, 0.3) is 0 Å². The summed E-state index contributed by atoms with van der Waals surface area (Å²) in [7, 11) is 0. The van der Waals surface area contributed by atoms with Crippen molar-refractivity contribution in [3.05, 3.63) is 54.1 Å². The Labute approximate surface area is 146 Å². The molecule has 1 aliphatic rings. The molecule has 2 aromatic rings. The number of aliphatic hydroxyl groups is 2. The SMILES string of the molecule is Cc1cccc(Oc2ccccc2NC(=O)N2CCC(O)(CO)C2)c1. The van der Waals surface area contributed by atoms with Gasteiger partial charge in [-0.15, -0.1) is 0 Å². The van der Waals surface area contributed by atoms with Gasteiger partial charge < -0.3 is 25.2 Å². The zero-order chi connectivity index (χ0) is 17.9. The second kappa shape index (κ2) is 7.13. The van der Waals surface area contributed by atoms with Gasteiger partial charge in [0.05, 0.1) is 18.8 Å². The van der Waals surface area contributed by atoms with Gasteiger partial charge in [0.2, 0.25) is 0 Å². The molecule has 0 saturated carbocycles. The molecule has 2 aromatic carbocycles. The highest BCUT2D eigenvalue weighted by molar-refractivity contribution is 5.91. The standard InChI is InChI=1S/C19H22N2O4/c1-14-5-4-6-15(11-14)25-17-8-3-2-7-16(17)20-18(23)21-10-9-19(24,12-21)13-22/h2-8,11,22,24H,9-10,12-13H2,1H3,(H,20,23). The van der Waals surface area contributed by atoms with Crippen molar-refractivity contribution >= 4 is 11.7 Å². The van der Waals surface area contributed by atoms with Crippen LogP contribution in [0.5, 0.6) is 11.5 Å². The number of anilines is 1. The van der Waals surface area contributed by atoms with Crippen LogP contribution in [0.3, 0.4) is 0 Å². The molecule has 0 aromatic heterocycles. The number of β-amino-alcohol motifs (C(OH)–C–C–N with tert-alkyl or cyclic N) is 1. The van der Waals surface area contributed by atoms with Gasteiger partial charge in [-0.1, -0.05) is 24.3 Å². The first kappa shape index (κ1) is 17.3. The lowest BCUT2D eigenvalue weighted by Crippen LogP contribution is -2.40. The molecule has 0 aliphatic carbocycles. The number of hydrogen-bond acceptors (Lipinski definition) is 4. The number of benzene rings is 2. The average molecular weight is 342 g/mol. The largest absolute Gasteiger partial charge is 0.455 e. The summed E-state index contributed by atoms with van der Waals surface area (Å²) in [6.45, 7) is 2.13. The minimum Gasteiger partial charge on any atom is -0.455 e. The normalized spacial score (nSPS) is 19.7. The quantitative estimate of drug-likeness (QED) is 0.798. The van der Waals surface area contributed by atoms with E-state index in [9.17, 15) is 15.0 Å². The third-order valence-electron chi connectivity index (χ3n) is 4.26. The molecule has 1 unspecified atom stereocenters. The van der Waals surface area contributed by atoms with Crippen molar-refractivity contribution in [1.82, 2.24) is 4.90 Å². The van der Waals surface area contributed by atoms with Crippen LogP contribution in [0.25, 0.3) is 0 Å². The Balaban J connectivity index is 1.72. The number of aliphatic hydroxyl groups excluding tert-OH is 1. The first-order valence-corrected chi connectivity index (χ1v) is 8.22. The molecule has 1 saturated heterocycles. The highest BCUT2D eigenvalue weighted by Crippen LogP contribution is 2.30. The van der Waals surface area contributed by atoms with E-state index in [1.807, 2.05) is 43.3 Å². The van der Waals surface area contributed by atoms with Crippen molar-refractivity contribution in [2.45, 2.75) is 18.9 Å². The lowest BCUT2D eigenvalue weighted by molar-refractivity contribution is -0.00246. The molecular formula is C19H22N2O4. The fraction of sp³-hybridized carbons (Fsp3) is 0.316. The lowest BCUT2D eigenvalue weighted by Gasteiger charge is -2.21. The summed E-state index contributed by atoms with van der Waals surface area (Å²) in [5.74, 6) is 1.23. The first-order chi connectivity index (χ1) is 12.0. The molecule has 1 heterocycles. The fourth-order valence-corrected chi connectivity index (χ4v) is 2.82. The van der Waals surface area contributed by atoms with Crippen LogP contribution in [0.15, 0.2) is 48.5 Å². The number of carbonyl (C=O) groups excluding carboxylic acids is 1. The maximum absolute atomic E-state index is 12.4. The van der Waals surface area contributed by atoms with E-state index in [-0.39, 0.29) is 19.2 Å². The van der Waals surface area contributed by atoms with Gasteiger partial charge >= 0.3 is 6.03 Å². The van der Waals surface area contributed by atoms with Crippen molar-refractivity contribution < 1.29 is 19.7 Å². The van der Waals surface area contributed by atoms with Gasteiger partial charge in [0.1, 0.15) is 11.4 Å². The summed E-state index contributed by atoms with van der Waals surface area (Å²) in [4.78, 5) is 13.9. The number of urea groups is 1. The summed E-state index contributed by atoms with van der Waals surface area (Å²) in [6, 6.07) is 14.5. The number of rotatable bonds is 4. The third kappa shape index (κ3) is 4.10. The van der Waals surface area contributed by atoms with Gasteiger partial charge in [0.15, 0.2) is 5.75 Å². The van der Waals surface area contributed by atoms with Crippen LogP contribution < -0.4 is 10.1 Å². The molecule has 3 rings (SSSR count). The zero-order valence-electron chi connectivity index (χ0n) is 14.1. The molecule has 2 amide bonds. The maximum Gasteiger partial charge on any atom is 0.322 e. The van der Waals surface area contributed by atoms with Gasteiger partial charge in [0, 0.05) is 6.54 Å². The Hall–Kier alpha value is -2.57. The van der Waals surface area contributed by atoms with E-state index in [4.69, 9.17) is 4.74 Å². The molecule has 0 bridgehead atoms. The molecule has 1 fully saturated rings. The molecule has 132 valence electrons. The van der Waals surface area contributed by atoms with Crippen LogP contribution in [0.1, 0.15) is 12.0 Å². The van der Waals surface area contributed by atoms with Crippen molar-refractivity contribution in [2.75, 3.05) is 25.0 Å². The number of aryl methyl sites for hydroxylation is 1. The van der Waals surface area contributed by atoms with Gasteiger partial charge in [-0.3, -0.25) is 0 Å². The Kier molecular flexibility index (Phi) is 4.92. The molecular weight excluding hydrogens is 320 g/mol. The predicted molar refractivity (Wildman–Crippen MR) is 94.9 cm³/mol. The Morgan fingerprint density at radius 2 is 2.08 bits per heavy atom. The predicted octanol–water partition coefficient (Wildman–Crippen LogP) is 2.75. The summed E-state index contributed by atoms with van der Waals surface area (Å²) in [5, 5.41) is 22.1. The fourth-order valence-electron chi connectivity index (χ4n) is 2.82. The molecule has 1 aliphatic heterocycles. The van der Waals surface area contributed by atoms with Crippen molar-refractivity contribution in [3.8, 4) is 11.5 Å². The summed E-state index contributed by atoms with van der Waals surface area (Å²) < 4.78 is 5.89. The summed E-state index contributed by atoms with van der Waals surface area (Å²) in [5.41, 5.74) is 0.419. The smallest absolute Gasteiger partial charge is 0.322 e. The molecule has 25 heavy (non-hydrogen) atoms. The number of nitrogens with one attached hydrogen (secondary N) is 1. The molecule has 3 N–H and O–H groups in total. The van der Waals surface area contributed by atoms with Crippen LogP contribution in [0.2, 0.25) is 0 Å². The van der Waals surface area contributed by atoms with E-state index in [1.165, 1.54) is 4.90 Å². The highest BCUT2D eigenvalue weighted by atomic mass is 16.5. The number of hydrogen-bond donors (Lipinski definition) is 3. The highest BCUT2D eigenvalue weighted by Gasteiger charge is 2.37. The first-order valence-electron chi connectivity index (χ1n) is 8.22. The molecule has 1 atom stereocenters. The van der Waals surface area contributed by atoms with Gasteiger partial charge in [-0.05, 0) is 43.2 Å². The van der Waals surface area contributed by atoms with E-state index in [0.29, 0.717) is 30.2 Å². The van der Waals surface area contributed by atoms with E-state index in [2.05, 4.69) is 5.32 Å². The lowest BCUT2D eigenvalue weighted by atomic mass is 10.1. The average Bonchev–Trinajstić information content (AvgIpc) is 3.00. The number of nitrogens with zero attached hydrogens (tertiary/aromatic N) is 1. The topological polar surface area (TPSA) is 82.0 Å². The van der Waals surface area contributed by atoms with E-state index in [1.54, 1.807) is 12.1 Å². The summed E-state index contributed by atoms with van der Waals surface area (Å²) >= 11 is 0. The molecule has 0 radical (unpaired) electrons. The van der Waals surface area contributed by atoms with Gasteiger partial charge in [-0.2, -0.15) is 0 Å². The Morgan fingerprint density at radius 3 is 2.80 bits per heavy atom. The third-order valence-corrected chi connectivity index (χ3v) is 4.26. The Bertz CT molecular complexity index is 765. The van der Waals surface area contributed by atoms with Crippen LogP contribution in [0.4, 0.5) is 10.5 Å². The van der Waals surface area contributed by atoms with Crippen molar-refractivity contribution in [2.24, 2.45) is 0 Å². The van der Waals surface area contributed by atoms with Crippen LogP contribution in [-0.4, -0.2) is 46.4 Å². The molecule has 6 heteroatoms. The number of para-hydroxylation sites is 2. The number of amides is 2. The van der Waals surface area contributed by atoms with E-state index >= 15 is 0 Å². The van der Waals surface area contributed by atoms with Crippen LogP contribution >= 0.6 is 0 Å². The van der Waals surface area contributed by atoms with Crippen molar-refractivity contribution in [1.29, 1.82) is 0 Å². The maximum atomic E-state index is 12.4. The van der Waals surface area contributed by atoms with Crippen LogP contribution in [-0.2, 0) is 0 Å². The minimum absolute atomic E-state index is 0.107. The Morgan fingerprint density at radius 1 is 1.28 bits per heavy atom. The van der Waals surface area contributed by atoms with Gasteiger partial charge in [-0.25, -0.2) is 4.79 Å². The van der Waals surface area contributed by atoms with Crippen molar-refractivity contribution in [3.63, 3.8) is 0 Å². The van der Waals surface area contributed by atoms with E-state index < -0.39 is 5.60 Å². The van der Waals surface area contributed by atoms with Crippen LogP contribution in [0, 0.1) is 6.92 Å². The number of carbonyl (C=O) groups is 1. The molecule has 0 spiro atoms. The number of ether oxygens (including phenoxy) is 1. The summed E-state index contributed by atoms with van der Waals surface area (Å²) in [6.07, 6.45) is 0.359. The minimum atomic E-state index is -1.21. The molecule has 6 nitrogen and oxygen atoms in total. The monoisotopic (exact) mass is 342 g/mol. The number of likely N-dealkylation sites (tertiary alicyclic amines) is 1. The second-order valence-corrected chi connectivity index (χ2v) is 6.40. The second-order valence-electron chi connectivity index (χ2n) is 6.40. The zero-order valence-corrected chi connectivity index (χ0v) is 14.1.